The van der Waals surface area contributed by atoms with Crippen LogP contribution in [0.3, 0.4) is 0 Å². The van der Waals surface area contributed by atoms with Crippen LogP contribution in [0.1, 0.15) is 27.5 Å². The lowest BCUT2D eigenvalue weighted by Gasteiger charge is -2.25. The monoisotopic (exact) mass is 155 g/mol. The first-order chi connectivity index (χ1) is 5.48. The first-order valence-electron chi connectivity index (χ1n) is 4.00. The zero-order valence-electron chi connectivity index (χ0n) is 7.29. The fourth-order valence-electron chi connectivity index (χ4n) is 1.22. The van der Waals surface area contributed by atoms with Gasteiger partial charge in [-0.2, -0.15) is 0 Å². The molecule has 1 aliphatic carbocycles. The zero-order chi connectivity index (χ0) is 9.35. The van der Waals surface area contributed by atoms with Gasteiger partial charge in [0.05, 0.1) is 6.40 Å². The molecule has 3 nitrogen and oxygen atoms in total. The smallest absolute Gasteiger partial charge is 0.141 e. The van der Waals surface area contributed by atoms with E-state index in [1.807, 2.05) is 0 Å². The van der Waals surface area contributed by atoms with E-state index in [9.17, 15) is 14.4 Å². The fourth-order valence-corrected chi connectivity index (χ4v) is 1.22. The van der Waals surface area contributed by atoms with Crippen LogP contribution < -0.4 is 0 Å². The quantitative estimate of drug-likeness (QED) is 0.409. The third kappa shape index (κ3) is 1.73. The van der Waals surface area contributed by atoms with Crippen molar-refractivity contribution >= 4 is 17.9 Å². The van der Waals surface area contributed by atoms with Crippen LogP contribution in [0.2, 0.25) is 0 Å². The zero-order valence-corrected chi connectivity index (χ0v) is 6.29. The van der Waals surface area contributed by atoms with E-state index in [0.717, 1.165) is 0 Å². The minimum atomic E-state index is -1.25. The van der Waals surface area contributed by atoms with E-state index < -0.39 is 23.4 Å². The first kappa shape index (κ1) is 6.70. The average molecular weight is 155 g/mol. The van der Waals surface area contributed by atoms with Gasteiger partial charge in [-0.25, -0.2) is 0 Å². The molecule has 1 saturated carbocycles. The molecule has 0 unspecified atom stereocenters. The SMILES string of the molecule is [2H]C1C(=O)CC(C)(C=O)CC1=O. The van der Waals surface area contributed by atoms with Crippen molar-refractivity contribution in [2.45, 2.75) is 26.2 Å². The highest BCUT2D eigenvalue weighted by molar-refractivity contribution is 6.04. The van der Waals surface area contributed by atoms with Crippen LogP contribution in [0, 0.1) is 5.41 Å². The Kier molecular flexibility index (Phi) is 1.56. The molecule has 1 rings (SSSR count). The molecule has 0 aliphatic heterocycles. The van der Waals surface area contributed by atoms with E-state index in [1.165, 1.54) is 0 Å². The Morgan fingerprint density at radius 3 is 2.27 bits per heavy atom. The molecule has 3 heteroatoms. The van der Waals surface area contributed by atoms with Crippen LogP contribution in [0.15, 0.2) is 0 Å². The van der Waals surface area contributed by atoms with Gasteiger partial charge in [0.15, 0.2) is 0 Å². The van der Waals surface area contributed by atoms with E-state index in [0.29, 0.717) is 6.29 Å². The maximum Gasteiger partial charge on any atom is 0.141 e. The van der Waals surface area contributed by atoms with Gasteiger partial charge in [-0.3, -0.25) is 9.59 Å². The summed E-state index contributed by atoms with van der Waals surface area (Å²) in [6, 6.07) is 0. The van der Waals surface area contributed by atoms with Crippen LogP contribution in [0.4, 0.5) is 0 Å². The Bertz CT molecular complexity index is 229. The maximum atomic E-state index is 11.0. The normalized spacial score (nSPS) is 40.1. The van der Waals surface area contributed by atoms with Crippen molar-refractivity contribution < 1.29 is 15.8 Å². The standard InChI is InChI=1S/C8H10O3/c1-8(5-9)3-6(10)2-7(11)4-8/h5H,2-4H2,1H3/i2D. The number of ketones is 2. The summed E-state index contributed by atoms with van der Waals surface area (Å²) in [5.74, 6) is -0.887. The van der Waals surface area contributed by atoms with Gasteiger partial charge in [0.2, 0.25) is 0 Å². The van der Waals surface area contributed by atoms with Gasteiger partial charge in [-0.15, -0.1) is 0 Å². The second-order valence-corrected chi connectivity index (χ2v) is 3.20. The van der Waals surface area contributed by atoms with Crippen LogP contribution in [-0.4, -0.2) is 17.9 Å². The van der Waals surface area contributed by atoms with Gasteiger partial charge >= 0.3 is 0 Å². The molecule has 0 radical (unpaired) electrons. The predicted molar refractivity (Wildman–Crippen MR) is 38.0 cm³/mol. The third-order valence-corrected chi connectivity index (χ3v) is 1.76. The van der Waals surface area contributed by atoms with Crippen molar-refractivity contribution in [3.63, 3.8) is 0 Å². The third-order valence-electron chi connectivity index (χ3n) is 1.76. The minimum absolute atomic E-state index is 0.0242. The van der Waals surface area contributed by atoms with E-state index >= 15 is 0 Å². The van der Waals surface area contributed by atoms with Crippen molar-refractivity contribution in [1.29, 1.82) is 0 Å². The molecule has 0 bridgehead atoms. The summed E-state index contributed by atoms with van der Waals surface area (Å²) in [6.07, 6.45) is -0.570. The summed E-state index contributed by atoms with van der Waals surface area (Å²) in [4.78, 5) is 32.5. The molecular weight excluding hydrogens is 144 g/mol. The van der Waals surface area contributed by atoms with E-state index in [2.05, 4.69) is 0 Å². The Balaban J connectivity index is 2.85. The molecular formula is C8H10O3. The lowest BCUT2D eigenvalue weighted by atomic mass is 9.76. The molecule has 0 saturated heterocycles. The highest BCUT2D eigenvalue weighted by Gasteiger charge is 2.35. The van der Waals surface area contributed by atoms with Gasteiger partial charge in [-0.1, -0.05) is 6.92 Å². The number of rotatable bonds is 1. The highest BCUT2D eigenvalue weighted by atomic mass is 16.2. The van der Waals surface area contributed by atoms with Crippen molar-refractivity contribution in [3.05, 3.63) is 0 Å². The highest BCUT2D eigenvalue weighted by Crippen LogP contribution is 2.29. The van der Waals surface area contributed by atoms with E-state index in [1.54, 1.807) is 6.92 Å². The second kappa shape index (κ2) is 2.57. The maximum absolute atomic E-state index is 11.0. The molecule has 0 heterocycles. The summed E-state index contributed by atoms with van der Waals surface area (Å²) in [5, 5.41) is 0. The van der Waals surface area contributed by atoms with Crippen molar-refractivity contribution in [3.8, 4) is 0 Å². The number of hydrogen-bond donors (Lipinski definition) is 0. The fraction of sp³-hybridized carbons (Fsp3) is 0.625. The topological polar surface area (TPSA) is 51.2 Å². The number of carbonyl (C=O) groups is 3. The second-order valence-electron chi connectivity index (χ2n) is 3.20. The molecule has 0 atom stereocenters. The van der Waals surface area contributed by atoms with Crippen LogP contribution in [0.25, 0.3) is 0 Å². The Morgan fingerprint density at radius 2 is 1.91 bits per heavy atom. The molecule has 60 valence electrons. The summed E-state index contributed by atoms with van der Waals surface area (Å²) in [7, 11) is 0. The molecule has 0 spiro atoms. The van der Waals surface area contributed by atoms with E-state index in [-0.39, 0.29) is 12.8 Å². The average Bonchev–Trinajstić information content (AvgIpc) is 2.00. The van der Waals surface area contributed by atoms with Crippen LogP contribution in [-0.2, 0) is 14.4 Å². The molecule has 0 amide bonds. The lowest BCUT2D eigenvalue weighted by molar-refractivity contribution is -0.137. The molecule has 0 aromatic carbocycles. The Labute approximate surface area is 66.2 Å². The lowest BCUT2D eigenvalue weighted by Crippen LogP contribution is -2.32. The van der Waals surface area contributed by atoms with Gasteiger partial charge in [0.25, 0.3) is 0 Å². The minimum Gasteiger partial charge on any atom is -0.303 e. The largest absolute Gasteiger partial charge is 0.303 e. The van der Waals surface area contributed by atoms with Gasteiger partial charge in [-0.05, 0) is 0 Å². The van der Waals surface area contributed by atoms with E-state index in [4.69, 9.17) is 1.37 Å². The Morgan fingerprint density at radius 1 is 1.45 bits per heavy atom. The Hall–Kier alpha value is -0.990. The number of Topliss-reactive ketones (excluding diaryl/α,β-unsaturated/α-hetero) is 2. The molecule has 1 fully saturated rings. The predicted octanol–water partition coefficient (Wildman–Crippen LogP) is 0.514. The molecule has 11 heavy (non-hydrogen) atoms. The van der Waals surface area contributed by atoms with Gasteiger partial charge in [0, 0.05) is 19.6 Å². The molecule has 0 aromatic rings. The van der Waals surface area contributed by atoms with Gasteiger partial charge < -0.3 is 4.79 Å². The number of carbonyl (C=O) groups excluding carboxylic acids is 3. The molecule has 0 aromatic heterocycles. The van der Waals surface area contributed by atoms with Crippen LogP contribution >= 0.6 is 0 Å². The first-order valence-corrected chi connectivity index (χ1v) is 3.42. The van der Waals surface area contributed by atoms with Crippen LogP contribution in [0.5, 0.6) is 0 Å². The number of aldehydes is 1. The summed E-state index contributed by atoms with van der Waals surface area (Å²) in [6.45, 7) is 1.57. The van der Waals surface area contributed by atoms with Gasteiger partial charge in [0.1, 0.15) is 17.9 Å². The van der Waals surface area contributed by atoms with Crippen molar-refractivity contribution in [2.75, 3.05) is 0 Å². The van der Waals surface area contributed by atoms with Crippen molar-refractivity contribution in [1.82, 2.24) is 0 Å². The molecule has 1 aliphatic rings. The summed E-state index contributed by atoms with van der Waals surface area (Å²) < 4.78 is 7.12. The summed E-state index contributed by atoms with van der Waals surface area (Å²) in [5.41, 5.74) is -0.855. The molecule has 0 N–H and O–H groups in total. The van der Waals surface area contributed by atoms with Crippen molar-refractivity contribution in [2.24, 2.45) is 5.41 Å². The number of hydrogen-bond acceptors (Lipinski definition) is 3. The summed E-state index contributed by atoms with van der Waals surface area (Å²) >= 11 is 0.